The summed E-state index contributed by atoms with van der Waals surface area (Å²) in [4.78, 5) is 19.0. The summed E-state index contributed by atoms with van der Waals surface area (Å²) < 4.78 is 18.3. The molecule has 1 aromatic rings. The summed E-state index contributed by atoms with van der Waals surface area (Å²) >= 11 is 5.71. The summed E-state index contributed by atoms with van der Waals surface area (Å²) in [6.07, 6.45) is 5.39. The van der Waals surface area contributed by atoms with Crippen LogP contribution < -0.4 is 10.1 Å². The van der Waals surface area contributed by atoms with Crippen LogP contribution in [0.25, 0.3) is 0 Å². The van der Waals surface area contributed by atoms with Gasteiger partial charge in [0.2, 0.25) is 5.91 Å². The molecule has 1 amide bonds. The molecular weight excluding hydrogens is 285 g/mol. The molecule has 2 rings (SSSR count). The first-order chi connectivity index (χ1) is 9.54. The highest BCUT2D eigenvalue weighted by molar-refractivity contribution is 6.30. The van der Waals surface area contributed by atoms with E-state index in [1.54, 1.807) is 6.92 Å². The summed E-state index contributed by atoms with van der Waals surface area (Å²) in [7, 11) is 0. The summed E-state index contributed by atoms with van der Waals surface area (Å²) in [6, 6.07) is 0.325. The number of amides is 1. The lowest BCUT2D eigenvalue weighted by molar-refractivity contribution is -0.121. The minimum Gasteiger partial charge on any atom is -0.460 e. The Hall–Kier alpha value is -1.43. The van der Waals surface area contributed by atoms with Gasteiger partial charge in [-0.15, -0.1) is 11.6 Å². The molecule has 0 aliphatic heterocycles. The third-order valence-corrected chi connectivity index (χ3v) is 3.45. The molecule has 0 radical (unpaired) electrons. The molecule has 7 heteroatoms. The van der Waals surface area contributed by atoms with Gasteiger partial charge in [0.1, 0.15) is 11.5 Å². The average Bonchev–Trinajstić information content (AvgIpc) is 2.43. The normalized spacial score (nSPS) is 23.9. The van der Waals surface area contributed by atoms with Crippen LogP contribution in [0.3, 0.4) is 0 Å². The van der Waals surface area contributed by atoms with Gasteiger partial charge in [0.25, 0.3) is 0 Å². The predicted octanol–water partition coefficient (Wildman–Crippen LogP) is 2.05. The van der Waals surface area contributed by atoms with Crippen LogP contribution in [0.4, 0.5) is 4.39 Å². The minimum atomic E-state index is -0.517. The van der Waals surface area contributed by atoms with E-state index in [0.29, 0.717) is 0 Å². The van der Waals surface area contributed by atoms with Crippen LogP contribution in [0.15, 0.2) is 12.4 Å². The number of hydrogen-bond acceptors (Lipinski definition) is 4. The van der Waals surface area contributed by atoms with Crippen LogP contribution in [-0.4, -0.2) is 33.4 Å². The van der Waals surface area contributed by atoms with Crippen molar-refractivity contribution in [2.24, 2.45) is 0 Å². The molecule has 0 saturated heterocycles. The first-order valence-corrected chi connectivity index (χ1v) is 7.07. The van der Waals surface area contributed by atoms with Crippen molar-refractivity contribution >= 4 is 17.5 Å². The van der Waals surface area contributed by atoms with Gasteiger partial charge in [-0.2, -0.15) is 0 Å². The van der Waals surface area contributed by atoms with E-state index in [2.05, 4.69) is 15.3 Å². The monoisotopic (exact) mass is 301 g/mol. The molecular formula is C13H17ClFN3O2. The van der Waals surface area contributed by atoms with Gasteiger partial charge in [-0.1, -0.05) is 0 Å². The second kappa shape index (κ2) is 6.83. The molecule has 0 spiro atoms. The first-order valence-electron chi connectivity index (χ1n) is 6.63. The van der Waals surface area contributed by atoms with E-state index in [1.807, 2.05) is 0 Å². The van der Waals surface area contributed by atoms with Gasteiger partial charge in [0, 0.05) is 6.04 Å². The molecule has 20 heavy (non-hydrogen) atoms. The minimum absolute atomic E-state index is 0.00189. The molecule has 1 unspecified atom stereocenters. The highest BCUT2D eigenvalue weighted by Gasteiger charge is 2.25. The fourth-order valence-electron chi connectivity index (χ4n) is 2.15. The molecule has 1 aliphatic carbocycles. The van der Waals surface area contributed by atoms with Crippen molar-refractivity contribution < 1.29 is 13.9 Å². The highest BCUT2D eigenvalue weighted by Crippen LogP contribution is 2.22. The summed E-state index contributed by atoms with van der Waals surface area (Å²) in [6.45, 7) is 1.65. The van der Waals surface area contributed by atoms with Crippen molar-refractivity contribution in [3.63, 3.8) is 0 Å². The predicted molar refractivity (Wildman–Crippen MR) is 72.1 cm³/mol. The van der Waals surface area contributed by atoms with E-state index in [9.17, 15) is 9.18 Å². The number of hydrogen-bond donors (Lipinski definition) is 1. The van der Waals surface area contributed by atoms with Gasteiger partial charge in [0.05, 0.1) is 12.4 Å². The van der Waals surface area contributed by atoms with Crippen molar-refractivity contribution in [2.75, 3.05) is 0 Å². The van der Waals surface area contributed by atoms with Crippen LogP contribution in [-0.2, 0) is 4.79 Å². The molecule has 1 N–H and O–H groups in total. The van der Waals surface area contributed by atoms with Crippen molar-refractivity contribution in [3.8, 4) is 6.01 Å². The zero-order chi connectivity index (χ0) is 14.5. The Bertz CT molecular complexity index is 447. The van der Waals surface area contributed by atoms with Crippen LogP contribution in [0.2, 0.25) is 0 Å². The van der Waals surface area contributed by atoms with Gasteiger partial charge >= 0.3 is 6.01 Å². The fraction of sp³-hybridized carbons (Fsp3) is 0.615. The lowest BCUT2D eigenvalue weighted by atomic mass is 9.93. The molecule has 110 valence electrons. The third-order valence-electron chi connectivity index (χ3n) is 3.25. The third kappa shape index (κ3) is 4.30. The quantitative estimate of drug-likeness (QED) is 0.865. The number of rotatable bonds is 4. The zero-order valence-electron chi connectivity index (χ0n) is 11.2. The van der Waals surface area contributed by atoms with Crippen molar-refractivity contribution in [1.29, 1.82) is 0 Å². The number of nitrogens with one attached hydrogen (secondary N) is 1. The number of alkyl halides is 1. The number of halogens is 2. The van der Waals surface area contributed by atoms with E-state index in [0.717, 1.165) is 38.1 Å². The largest absolute Gasteiger partial charge is 0.460 e. The Morgan fingerprint density at radius 3 is 2.55 bits per heavy atom. The van der Waals surface area contributed by atoms with Crippen molar-refractivity contribution in [3.05, 3.63) is 18.2 Å². The van der Waals surface area contributed by atoms with E-state index in [1.165, 1.54) is 0 Å². The van der Waals surface area contributed by atoms with Crippen LogP contribution in [0, 0.1) is 5.82 Å². The number of carbonyl (C=O) groups excluding carboxylic acids is 1. The number of ether oxygens (including phenoxy) is 1. The molecule has 1 atom stereocenters. The van der Waals surface area contributed by atoms with Crippen molar-refractivity contribution in [1.82, 2.24) is 15.3 Å². The van der Waals surface area contributed by atoms with Gasteiger partial charge in [-0.3, -0.25) is 4.79 Å². The lowest BCUT2D eigenvalue weighted by Crippen LogP contribution is -2.42. The van der Waals surface area contributed by atoms with E-state index in [4.69, 9.17) is 16.3 Å². The molecule has 1 fully saturated rings. The fourth-order valence-corrected chi connectivity index (χ4v) is 2.21. The Labute approximate surface area is 121 Å². The van der Waals surface area contributed by atoms with Gasteiger partial charge in [-0.05, 0) is 32.6 Å². The first kappa shape index (κ1) is 15.0. The lowest BCUT2D eigenvalue weighted by Gasteiger charge is -2.29. The molecule has 1 saturated carbocycles. The molecule has 1 aliphatic rings. The topological polar surface area (TPSA) is 64.1 Å². The second-order valence-electron chi connectivity index (χ2n) is 4.90. The maximum Gasteiger partial charge on any atom is 0.316 e. The molecule has 5 nitrogen and oxygen atoms in total. The van der Waals surface area contributed by atoms with Crippen LogP contribution >= 0.6 is 11.6 Å². The van der Waals surface area contributed by atoms with E-state index < -0.39 is 11.2 Å². The molecule has 1 heterocycles. The Morgan fingerprint density at radius 1 is 1.40 bits per heavy atom. The second-order valence-corrected chi connectivity index (χ2v) is 5.55. The Kier molecular flexibility index (Phi) is 5.11. The number of aromatic nitrogens is 2. The SMILES string of the molecule is CC(Cl)C(=O)NC1CCC(Oc2ncc(F)cn2)CC1. The van der Waals surface area contributed by atoms with Gasteiger partial charge in [0.15, 0.2) is 5.82 Å². The summed E-state index contributed by atoms with van der Waals surface area (Å²) in [5.41, 5.74) is 0. The Morgan fingerprint density at radius 2 is 2.00 bits per heavy atom. The van der Waals surface area contributed by atoms with Crippen molar-refractivity contribution in [2.45, 2.75) is 50.1 Å². The van der Waals surface area contributed by atoms with Crippen LogP contribution in [0.5, 0.6) is 6.01 Å². The Balaban J connectivity index is 1.77. The van der Waals surface area contributed by atoms with Gasteiger partial charge in [-0.25, -0.2) is 14.4 Å². The standard InChI is InChI=1S/C13H17ClFN3O2/c1-8(14)12(19)18-10-2-4-11(5-3-10)20-13-16-6-9(15)7-17-13/h6-8,10-11H,2-5H2,1H3,(H,18,19). The van der Waals surface area contributed by atoms with E-state index >= 15 is 0 Å². The molecule has 0 aromatic carbocycles. The maximum atomic E-state index is 12.7. The average molecular weight is 302 g/mol. The van der Waals surface area contributed by atoms with Crippen LogP contribution in [0.1, 0.15) is 32.6 Å². The highest BCUT2D eigenvalue weighted by atomic mass is 35.5. The molecule has 1 aromatic heterocycles. The smallest absolute Gasteiger partial charge is 0.316 e. The molecule has 0 bridgehead atoms. The zero-order valence-corrected chi connectivity index (χ0v) is 11.9. The van der Waals surface area contributed by atoms with Gasteiger partial charge < -0.3 is 10.1 Å². The summed E-state index contributed by atoms with van der Waals surface area (Å²) in [5, 5.41) is 2.39. The number of carbonyl (C=O) groups is 1. The maximum absolute atomic E-state index is 12.7. The van der Waals surface area contributed by atoms with E-state index in [-0.39, 0.29) is 24.1 Å². The number of nitrogens with zero attached hydrogens (tertiary/aromatic N) is 2. The summed E-state index contributed by atoms with van der Waals surface area (Å²) in [5.74, 6) is -0.628.